The van der Waals surface area contributed by atoms with Crippen LogP contribution in [0.5, 0.6) is 0 Å². The van der Waals surface area contributed by atoms with Gasteiger partial charge < -0.3 is 19.7 Å². The lowest BCUT2D eigenvalue weighted by Gasteiger charge is -2.39. The molecule has 174 valence electrons. The first-order valence-electron chi connectivity index (χ1n) is 11.5. The summed E-state index contributed by atoms with van der Waals surface area (Å²) in [7, 11) is 0. The van der Waals surface area contributed by atoms with E-state index in [-0.39, 0.29) is 18.1 Å². The number of benzene rings is 1. The van der Waals surface area contributed by atoms with E-state index < -0.39 is 5.60 Å². The molecule has 0 spiro atoms. The van der Waals surface area contributed by atoms with Crippen LogP contribution in [-0.4, -0.2) is 64.6 Å². The van der Waals surface area contributed by atoms with Crippen LogP contribution in [-0.2, 0) is 16.0 Å². The Labute approximate surface area is 189 Å². The highest BCUT2D eigenvalue weighted by Crippen LogP contribution is 2.23. The van der Waals surface area contributed by atoms with Crippen molar-refractivity contribution >= 4 is 22.9 Å². The molecule has 1 unspecified atom stereocenters. The molecule has 1 aromatic carbocycles. The van der Waals surface area contributed by atoms with Crippen molar-refractivity contribution in [1.29, 1.82) is 0 Å². The van der Waals surface area contributed by atoms with Gasteiger partial charge in [0, 0.05) is 55.9 Å². The Morgan fingerprint density at radius 1 is 1.25 bits per heavy atom. The fourth-order valence-corrected chi connectivity index (χ4v) is 4.26. The third-order valence-corrected chi connectivity index (χ3v) is 5.96. The standard InChI is InChI=1S/C24H34N4O4/c1-16-9-21-18(10-20(16)22(29)25-11-19-7-5-6-8-31-19)15-28(26-21)14-17-12-27(13-17)23(30)32-24(2,3)4/h9-10,15,17,19H,5-8,11-14H2,1-4H3,(H,25,29). The van der Waals surface area contributed by atoms with Crippen LogP contribution in [0.4, 0.5) is 4.79 Å². The highest BCUT2D eigenvalue weighted by atomic mass is 16.6. The molecule has 1 atom stereocenters. The first-order valence-corrected chi connectivity index (χ1v) is 11.5. The van der Waals surface area contributed by atoms with Gasteiger partial charge in [0.25, 0.3) is 5.91 Å². The molecule has 2 aliphatic rings. The smallest absolute Gasteiger partial charge is 0.410 e. The van der Waals surface area contributed by atoms with Crippen molar-refractivity contribution < 1.29 is 19.1 Å². The topological polar surface area (TPSA) is 85.7 Å². The monoisotopic (exact) mass is 442 g/mol. The van der Waals surface area contributed by atoms with E-state index in [1.54, 1.807) is 4.90 Å². The van der Waals surface area contributed by atoms with Crippen LogP contribution in [0.15, 0.2) is 18.3 Å². The molecule has 8 heteroatoms. The van der Waals surface area contributed by atoms with Gasteiger partial charge >= 0.3 is 6.09 Å². The molecule has 0 bridgehead atoms. The highest BCUT2D eigenvalue weighted by molar-refractivity contribution is 5.99. The molecule has 0 saturated carbocycles. The van der Waals surface area contributed by atoms with E-state index in [1.807, 2.05) is 50.7 Å². The normalized spacial score (nSPS) is 19.6. The number of ether oxygens (including phenoxy) is 2. The first-order chi connectivity index (χ1) is 15.2. The van der Waals surface area contributed by atoms with Crippen molar-refractivity contribution in [2.24, 2.45) is 5.92 Å². The molecule has 2 aliphatic heterocycles. The van der Waals surface area contributed by atoms with Crippen LogP contribution in [0.25, 0.3) is 10.9 Å². The number of aryl methyl sites for hydroxylation is 1. The number of hydrogen-bond donors (Lipinski definition) is 1. The molecule has 1 N–H and O–H groups in total. The number of fused-ring (bicyclic) bond motifs is 1. The van der Waals surface area contributed by atoms with E-state index in [0.717, 1.165) is 48.9 Å². The molecule has 1 aromatic heterocycles. The number of rotatable bonds is 5. The molecule has 8 nitrogen and oxygen atoms in total. The molecule has 2 aromatic rings. The summed E-state index contributed by atoms with van der Waals surface area (Å²) in [6.45, 7) is 10.9. The molecule has 3 heterocycles. The number of hydrogen-bond acceptors (Lipinski definition) is 5. The molecular weight excluding hydrogens is 408 g/mol. The molecular formula is C24H34N4O4. The van der Waals surface area contributed by atoms with Crippen LogP contribution < -0.4 is 5.32 Å². The summed E-state index contributed by atoms with van der Waals surface area (Å²) in [6, 6.07) is 3.88. The Kier molecular flexibility index (Phi) is 6.42. The minimum absolute atomic E-state index is 0.0710. The second kappa shape index (κ2) is 9.10. The number of aromatic nitrogens is 2. The van der Waals surface area contributed by atoms with Crippen molar-refractivity contribution in [2.45, 2.75) is 65.2 Å². The lowest BCUT2D eigenvalue weighted by atomic mass is 10.0. The third-order valence-electron chi connectivity index (χ3n) is 5.96. The van der Waals surface area contributed by atoms with Crippen LogP contribution in [0.2, 0.25) is 0 Å². The predicted molar refractivity (Wildman–Crippen MR) is 122 cm³/mol. The van der Waals surface area contributed by atoms with Gasteiger partial charge in [-0.2, -0.15) is 5.10 Å². The third kappa shape index (κ3) is 5.41. The SMILES string of the molecule is Cc1cc2nn(CC3CN(C(=O)OC(C)(C)C)C3)cc2cc1C(=O)NCC1CCCCO1. The van der Waals surface area contributed by atoms with Crippen LogP contribution in [0.1, 0.15) is 56.0 Å². The quantitative estimate of drug-likeness (QED) is 0.766. The van der Waals surface area contributed by atoms with E-state index >= 15 is 0 Å². The van der Waals surface area contributed by atoms with Gasteiger partial charge in [0.15, 0.2) is 0 Å². The zero-order chi connectivity index (χ0) is 22.9. The number of amides is 2. The summed E-state index contributed by atoms with van der Waals surface area (Å²) in [6.07, 6.45) is 5.08. The minimum atomic E-state index is -0.479. The van der Waals surface area contributed by atoms with Crippen LogP contribution in [0, 0.1) is 12.8 Å². The highest BCUT2D eigenvalue weighted by Gasteiger charge is 2.34. The van der Waals surface area contributed by atoms with E-state index in [9.17, 15) is 9.59 Å². The number of likely N-dealkylation sites (tertiary alicyclic amines) is 1. The Morgan fingerprint density at radius 2 is 2.03 bits per heavy atom. The van der Waals surface area contributed by atoms with Crippen LogP contribution >= 0.6 is 0 Å². The summed E-state index contributed by atoms with van der Waals surface area (Å²) in [4.78, 5) is 26.6. The first kappa shape index (κ1) is 22.6. The van der Waals surface area contributed by atoms with Crippen molar-refractivity contribution in [3.05, 3.63) is 29.5 Å². The van der Waals surface area contributed by atoms with Crippen LogP contribution in [0.3, 0.4) is 0 Å². The van der Waals surface area contributed by atoms with Gasteiger partial charge in [-0.15, -0.1) is 0 Å². The lowest BCUT2D eigenvalue weighted by molar-refractivity contribution is -0.00382. The lowest BCUT2D eigenvalue weighted by Crippen LogP contribution is -2.52. The van der Waals surface area contributed by atoms with Gasteiger partial charge in [-0.25, -0.2) is 4.79 Å². The van der Waals surface area contributed by atoms with E-state index in [1.165, 1.54) is 0 Å². The van der Waals surface area contributed by atoms with Crippen molar-refractivity contribution in [2.75, 3.05) is 26.2 Å². The molecule has 0 aliphatic carbocycles. The Hall–Kier alpha value is -2.61. The number of carbonyl (C=O) groups is 2. The maximum atomic E-state index is 12.7. The summed E-state index contributed by atoms with van der Waals surface area (Å²) in [5.74, 6) is 0.273. The van der Waals surface area contributed by atoms with Gasteiger partial charge in [-0.05, 0) is 64.7 Å². The van der Waals surface area contributed by atoms with Gasteiger partial charge in [0.1, 0.15) is 5.60 Å². The molecule has 0 radical (unpaired) electrons. The average molecular weight is 443 g/mol. The number of carbonyl (C=O) groups excluding carboxylic acids is 2. The summed E-state index contributed by atoms with van der Waals surface area (Å²) in [5, 5.41) is 8.64. The molecule has 2 saturated heterocycles. The zero-order valence-corrected chi connectivity index (χ0v) is 19.5. The second-order valence-corrected chi connectivity index (χ2v) is 10.0. The predicted octanol–water partition coefficient (Wildman–Crippen LogP) is 3.51. The van der Waals surface area contributed by atoms with Crippen molar-refractivity contribution in [1.82, 2.24) is 20.0 Å². The number of nitrogens with zero attached hydrogens (tertiary/aromatic N) is 3. The summed E-state index contributed by atoms with van der Waals surface area (Å²) in [5.41, 5.74) is 1.97. The van der Waals surface area contributed by atoms with E-state index in [4.69, 9.17) is 9.47 Å². The van der Waals surface area contributed by atoms with Crippen molar-refractivity contribution in [3.63, 3.8) is 0 Å². The van der Waals surface area contributed by atoms with E-state index in [0.29, 0.717) is 31.1 Å². The maximum absolute atomic E-state index is 12.7. The summed E-state index contributed by atoms with van der Waals surface area (Å²) < 4.78 is 13.0. The second-order valence-electron chi connectivity index (χ2n) is 10.0. The van der Waals surface area contributed by atoms with Gasteiger partial charge in [-0.3, -0.25) is 9.48 Å². The maximum Gasteiger partial charge on any atom is 0.410 e. The average Bonchev–Trinajstić information content (AvgIpc) is 3.08. The fraction of sp³-hybridized carbons (Fsp3) is 0.625. The zero-order valence-electron chi connectivity index (χ0n) is 19.5. The molecule has 2 amide bonds. The summed E-state index contributed by atoms with van der Waals surface area (Å²) >= 11 is 0. The minimum Gasteiger partial charge on any atom is -0.444 e. The Morgan fingerprint density at radius 3 is 2.72 bits per heavy atom. The van der Waals surface area contributed by atoms with Gasteiger partial charge in [-0.1, -0.05) is 0 Å². The van der Waals surface area contributed by atoms with Crippen molar-refractivity contribution in [3.8, 4) is 0 Å². The molecule has 4 rings (SSSR count). The molecule has 32 heavy (non-hydrogen) atoms. The van der Waals surface area contributed by atoms with Gasteiger partial charge in [0.05, 0.1) is 11.6 Å². The molecule has 2 fully saturated rings. The van der Waals surface area contributed by atoms with E-state index in [2.05, 4.69) is 10.4 Å². The Balaban J connectivity index is 1.34. The van der Waals surface area contributed by atoms with Gasteiger partial charge in [0.2, 0.25) is 0 Å². The Bertz CT molecular complexity index is 982. The fourth-order valence-electron chi connectivity index (χ4n) is 4.26. The largest absolute Gasteiger partial charge is 0.444 e. The number of nitrogens with one attached hydrogen (secondary N) is 1.